The number of hydrogen-bond donors (Lipinski definition) is 2. The highest BCUT2D eigenvalue weighted by Gasteiger charge is 2.19. The molecule has 0 saturated heterocycles. The molecule has 1 aliphatic rings. The lowest BCUT2D eigenvalue weighted by Crippen LogP contribution is -2.39. The first-order valence-corrected chi connectivity index (χ1v) is 9.36. The Labute approximate surface area is 162 Å². The standard InChI is InChI=1S/C20H23BrN2O3/c1-25-18-9-7-14(21)10-13(18)6-8-16-17(4-3-5-19(16)26-2)20-22-11-15(24)12-23-20/h3-5,7,9-10,15,24H,6,8,11-12H2,1-2H3,(H,22,23). The highest BCUT2D eigenvalue weighted by molar-refractivity contribution is 9.10. The number of amidine groups is 1. The van der Waals surface area contributed by atoms with Gasteiger partial charge < -0.3 is 19.9 Å². The Balaban J connectivity index is 1.91. The van der Waals surface area contributed by atoms with Gasteiger partial charge in [0.15, 0.2) is 0 Å². The van der Waals surface area contributed by atoms with Gasteiger partial charge in [-0.05, 0) is 42.7 Å². The van der Waals surface area contributed by atoms with Crippen molar-refractivity contribution in [3.05, 3.63) is 57.6 Å². The smallest absolute Gasteiger partial charge is 0.128 e. The second kappa shape index (κ2) is 8.56. The van der Waals surface area contributed by atoms with Crippen molar-refractivity contribution < 1.29 is 14.6 Å². The lowest BCUT2D eigenvalue weighted by atomic mass is 9.97. The largest absolute Gasteiger partial charge is 0.496 e. The number of aliphatic hydroxyl groups is 1. The minimum Gasteiger partial charge on any atom is -0.496 e. The average molecular weight is 419 g/mol. The molecule has 0 aliphatic carbocycles. The molecular weight excluding hydrogens is 396 g/mol. The molecular formula is C20H23BrN2O3. The van der Waals surface area contributed by atoms with E-state index >= 15 is 0 Å². The fourth-order valence-electron chi connectivity index (χ4n) is 3.15. The molecule has 3 rings (SSSR count). The molecule has 0 amide bonds. The Morgan fingerprint density at radius 3 is 2.65 bits per heavy atom. The highest BCUT2D eigenvalue weighted by atomic mass is 79.9. The van der Waals surface area contributed by atoms with E-state index in [0.29, 0.717) is 13.1 Å². The zero-order valence-electron chi connectivity index (χ0n) is 15.0. The summed E-state index contributed by atoms with van der Waals surface area (Å²) >= 11 is 3.53. The van der Waals surface area contributed by atoms with E-state index < -0.39 is 6.10 Å². The lowest BCUT2D eigenvalue weighted by Gasteiger charge is -2.22. The second-order valence-corrected chi connectivity index (χ2v) is 7.08. The van der Waals surface area contributed by atoms with E-state index in [1.54, 1.807) is 14.2 Å². The van der Waals surface area contributed by atoms with Crippen molar-refractivity contribution in [2.75, 3.05) is 27.3 Å². The van der Waals surface area contributed by atoms with Gasteiger partial charge in [-0.25, -0.2) is 0 Å². The lowest BCUT2D eigenvalue weighted by molar-refractivity contribution is 0.181. The van der Waals surface area contributed by atoms with Crippen molar-refractivity contribution in [2.45, 2.75) is 18.9 Å². The quantitative estimate of drug-likeness (QED) is 0.756. The zero-order valence-corrected chi connectivity index (χ0v) is 16.5. The predicted octanol–water partition coefficient (Wildman–Crippen LogP) is 2.96. The molecule has 1 atom stereocenters. The number of aliphatic imine (C=N–C) groups is 1. The molecule has 5 nitrogen and oxygen atoms in total. The maximum Gasteiger partial charge on any atom is 0.128 e. The van der Waals surface area contributed by atoms with Crippen LogP contribution >= 0.6 is 15.9 Å². The Kier molecular flexibility index (Phi) is 6.16. The number of ether oxygens (including phenoxy) is 2. The summed E-state index contributed by atoms with van der Waals surface area (Å²) in [5.74, 6) is 2.53. The van der Waals surface area contributed by atoms with E-state index in [0.717, 1.165) is 51.3 Å². The second-order valence-electron chi connectivity index (χ2n) is 6.17. The van der Waals surface area contributed by atoms with Crippen LogP contribution in [0.2, 0.25) is 0 Å². The molecule has 6 heteroatoms. The number of hydrogen-bond acceptors (Lipinski definition) is 5. The number of benzene rings is 2. The summed E-state index contributed by atoms with van der Waals surface area (Å²) in [4.78, 5) is 4.49. The molecule has 0 spiro atoms. The number of methoxy groups -OCH3 is 2. The first-order chi connectivity index (χ1) is 12.6. The summed E-state index contributed by atoms with van der Waals surface area (Å²) in [5, 5.41) is 12.9. The Morgan fingerprint density at radius 1 is 1.15 bits per heavy atom. The Hall–Kier alpha value is -2.05. The maximum atomic E-state index is 9.67. The van der Waals surface area contributed by atoms with E-state index in [1.165, 1.54) is 0 Å². The van der Waals surface area contributed by atoms with Crippen LogP contribution in [0.15, 0.2) is 45.9 Å². The molecule has 1 heterocycles. The van der Waals surface area contributed by atoms with Crippen LogP contribution in [0.5, 0.6) is 11.5 Å². The molecule has 0 saturated carbocycles. The minimum atomic E-state index is -0.432. The monoisotopic (exact) mass is 418 g/mol. The molecule has 138 valence electrons. The van der Waals surface area contributed by atoms with Crippen molar-refractivity contribution in [1.29, 1.82) is 0 Å². The summed E-state index contributed by atoms with van der Waals surface area (Å²) in [6.45, 7) is 0.924. The summed E-state index contributed by atoms with van der Waals surface area (Å²) in [6, 6.07) is 12.0. The van der Waals surface area contributed by atoms with E-state index in [4.69, 9.17) is 9.47 Å². The van der Waals surface area contributed by atoms with Crippen LogP contribution in [0.3, 0.4) is 0 Å². The number of rotatable bonds is 6. The molecule has 0 aromatic heterocycles. The zero-order chi connectivity index (χ0) is 18.5. The van der Waals surface area contributed by atoms with Crippen LogP contribution in [-0.4, -0.2) is 44.4 Å². The van der Waals surface area contributed by atoms with Gasteiger partial charge >= 0.3 is 0 Å². The SMILES string of the molecule is COc1ccc(Br)cc1CCc1c(OC)cccc1C1=NCC(O)CN1. The minimum absolute atomic E-state index is 0.415. The number of aliphatic hydroxyl groups excluding tert-OH is 1. The van der Waals surface area contributed by atoms with Gasteiger partial charge in [0.05, 0.1) is 26.9 Å². The van der Waals surface area contributed by atoms with Gasteiger partial charge in [-0.15, -0.1) is 0 Å². The fourth-order valence-corrected chi connectivity index (χ4v) is 3.56. The summed E-state index contributed by atoms with van der Waals surface area (Å²) in [6.07, 6.45) is 1.17. The third kappa shape index (κ3) is 4.19. The fraction of sp³-hybridized carbons (Fsp3) is 0.350. The van der Waals surface area contributed by atoms with Crippen LogP contribution in [0.4, 0.5) is 0 Å². The van der Waals surface area contributed by atoms with Gasteiger partial charge in [-0.3, -0.25) is 4.99 Å². The van der Waals surface area contributed by atoms with E-state index in [1.807, 2.05) is 30.3 Å². The third-order valence-electron chi connectivity index (χ3n) is 4.46. The van der Waals surface area contributed by atoms with Gasteiger partial charge in [0.1, 0.15) is 17.3 Å². The van der Waals surface area contributed by atoms with Crippen LogP contribution in [0.25, 0.3) is 0 Å². The van der Waals surface area contributed by atoms with Crippen molar-refractivity contribution in [1.82, 2.24) is 5.32 Å². The molecule has 0 bridgehead atoms. The summed E-state index contributed by atoms with van der Waals surface area (Å²) in [5.41, 5.74) is 3.25. The van der Waals surface area contributed by atoms with Gasteiger partial charge in [0.25, 0.3) is 0 Å². The van der Waals surface area contributed by atoms with Crippen molar-refractivity contribution >= 4 is 21.8 Å². The predicted molar refractivity (Wildman–Crippen MR) is 107 cm³/mol. The number of aryl methyl sites for hydroxylation is 1. The maximum absolute atomic E-state index is 9.67. The third-order valence-corrected chi connectivity index (χ3v) is 4.95. The van der Waals surface area contributed by atoms with Crippen LogP contribution in [-0.2, 0) is 12.8 Å². The van der Waals surface area contributed by atoms with Crippen LogP contribution in [0.1, 0.15) is 16.7 Å². The van der Waals surface area contributed by atoms with Gasteiger partial charge in [0.2, 0.25) is 0 Å². The molecule has 1 unspecified atom stereocenters. The summed E-state index contributed by atoms with van der Waals surface area (Å²) in [7, 11) is 3.37. The Morgan fingerprint density at radius 2 is 1.96 bits per heavy atom. The Bertz CT molecular complexity index is 808. The molecule has 0 fully saturated rings. The normalized spacial score (nSPS) is 16.6. The van der Waals surface area contributed by atoms with E-state index in [2.05, 4.69) is 32.3 Å². The molecule has 0 radical (unpaired) electrons. The van der Waals surface area contributed by atoms with Crippen LogP contribution in [0, 0.1) is 0 Å². The molecule has 2 N–H and O–H groups in total. The van der Waals surface area contributed by atoms with Crippen molar-refractivity contribution in [3.8, 4) is 11.5 Å². The highest BCUT2D eigenvalue weighted by Crippen LogP contribution is 2.28. The molecule has 2 aromatic carbocycles. The van der Waals surface area contributed by atoms with Crippen LogP contribution < -0.4 is 14.8 Å². The molecule has 1 aliphatic heterocycles. The number of halogens is 1. The van der Waals surface area contributed by atoms with Gasteiger partial charge in [-0.1, -0.05) is 28.1 Å². The van der Waals surface area contributed by atoms with Crippen molar-refractivity contribution in [3.63, 3.8) is 0 Å². The van der Waals surface area contributed by atoms with E-state index in [9.17, 15) is 5.11 Å². The van der Waals surface area contributed by atoms with E-state index in [-0.39, 0.29) is 0 Å². The molecule has 26 heavy (non-hydrogen) atoms. The first kappa shape index (κ1) is 18.7. The van der Waals surface area contributed by atoms with Crippen molar-refractivity contribution in [2.24, 2.45) is 4.99 Å². The number of β-amino-alcohol motifs (C(OH)–C–C–N with tert-alkyl or cyclic N) is 1. The first-order valence-electron chi connectivity index (χ1n) is 8.57. The van der Waals surface area contributed by atoms with Gasteiger partial charge in [0, 0.05) is 22.1 Å². The molecule has 2 aromatic rings. The summed E-state index contributed by atoms with van der Waals surface area (Å²) < 4.78 is 12.1. The number of nitrogens with zero attached hydrogens (tertiary/aromatic N) is 1. The number of nitrogens with one attached hydrogen (secondary N) is 1. The van der Waals surface area contributed by atoms with Gasteiger partial charge in [-0.2, -0.15) is 0 Å². The average Bonchev–Trinajstić information content (AvgIpc) is 2.67. The topological polar surface area (TPSA) is 63.1 Å².